The summed E-state index contributed by atoms with van der Waals surface area (Å²) in [7, 11) is 0. The van der Waals surface area contributed by atoms with E-state index in [-0.39, 0.29) is 10.8 Å². The highest BCUT2D eigenvalue weighted by Gasteiger charge is 2.35. The van der Waals surface area contributed by atoms with Crippen LogP contribution in [0, 0.1) is 5.41 Å². The standard InChI is InChI=1S/C29H40O3/c1-5-22-20-25(14-12-23(22)13-15-26(30)28(2,3)4)29(17-6-7-18-29)19-16-21-8-10-24(11-9-21)27(31)32/h8-15,20,26-27,30-32H,5-7,16-19H2,1-4H3. The Hall–Kier alpha value is -1.94. The summed E-state index contributed by atoms with van der Waals surface area (Å²) >= 11 is 0. The molecule has 1 fully saturated rings. The van der Waals surface area contributed by atoms with Crippen molar-refractivity contribution in [3.8, 4) is 0 Å². The predicted molar refractivity (Wildman–Crippen MR) is 132 cm³/mol. The van der Waals surface area contributed by atoms with Gasteiger partial charge in [-0.05, 0) is 65.2 Å². The Morgan fingerprint density at radius 3 is 2.19 bits per heavy atom. The molecule has 0 saturated heterocycles. The molecule has 0 aliphatic heterocycles. The van der Waals surface area contributed by atoms with Gasteiger partial charge in [0, 0.05) is 5.56 Å². The zero-order chi connectivity index (χ0) is 23.4. The number of aryl methyl sites for hydroxylation is 2. The Kier molecular flexibility index (Phi) is 7.97. The van der Waals surface area contributed by atoms with Crippen molar-refractivity contribution >= 4 is 6.08 Å². The van der Waals surface area contributed by atoms with E-state index in [0.29, 0.717) is 5.56 Å². The van der Waals surface area contributed by atoms with E-state index in [4.69, 9.17) is 0 Å². The topological polar surface area (TPSA) is 60.7 Å². The molecule has 0 radical (unpaired) electrons. The molecular weight excluding hydrogens is 396 g/mol. The Balaban J connectivity index is 1.80. The van der Waals surface area contributed by atoms with Gasteiger partial charge in [-0.3, -0.25) is 0 Å². The van der Waals surface area contributed by atoms with Crippen molar-refractivity contribution in [1.82, 2.24) is 0 Å². The van der Waals surface area contributed by atoms with Crippen molar-refractivity contribution in [2.45, 2.75) is 90.4 Å². The average molecular weight is 437 g/mol. The summed E-state index contributed by atoms with van der Waals surface area (Å²) in [5.74, 6) is 0. The maximum Gasteiger partial charge on any atom is 0.178 e. The van der Waals surface area contributed by atoms with E-state index in [1.165, 1.54) is 47.9 Å². The summed E-state index contributed by atoms with van der Waals surface area (Å²) in [6.07, 6.45) is 10.2. The molecule has 3 N–H and O–H groups in total. The van der Waals surface area contributed by atoms with Crippen LogP contribution in [0.15, 0.2) is 48.5 Å². The van der Waals surface area contributed by atoms with Gasteiger partial charge >= 0.3 is 0 Å². The Labute approximate surface area is 193 Å². The van der Waals surface area contributed by atoms with E-state index < -0.39 is 12.4 Å². The molecule has 3 rings (SSSR count). The van der Waals surface area contributed by atoms with Crippen LogP contribution in [0.5, 0.6) is 0 Å². The number of aliphatic hydroxyl groups is 3. The largest absolute Gasteiger partial charge is 0.388 e. The van der Waals surface area contributed by atoms with Crippen LogP contribution in [0.1, 0.15) is 93.9 Å². The summed E-state index contributed by atoms with van der Waals surface area (Å²) < 4.78 is 0. The van der Waals surface area contributed by atoms with Crippen LogP contribution in [0.25, 0.3) is 6.08 Å². The molecule has 2 aromatic rings. The molecule has 3 heteroatoms. The molecule has 174 valence electrons. The Morgan fingerprint density at radius 1 is 0.969 bits per heavy atom. The van der Waals surface area contributed by atoms with Gasteiger partial charge in [0.15, 0.2) is 6.29 Å². The van der Waals surface area contributed by atoms with Crippen molar-refractivity contribution in [3.05, 3.63) is 76.4 Å². The number of hydrogen-bond donors (Lipinski definition) is 3. The molecule has 0 amide bonds. The molecular formula is C29H40O3. The van der Waals surface area contributed by atoms with Crippen molar-refractivity contribution in [2.75, 3.05) is 0 Å². The molecule has 2 aromatic carbocycles. The molecule has 0 bridgehead atoms. The minimum absolute atomic E-state index is 0.163. The van der Waals surface area contributed by atoms with Gasteiger partial charge in [-0.15, -0.1) is 0 Å². The third-order valence-electron chi connectivity index (χ3n) is 7.21. The fourth-order valence-corrected chi connectivity index (χ4v) is 4.86. The lowest BCUT2D eigenvalue weighted by molar-refractivity contribution is -0.0424. The molecule has 1 unspecified atom stereocenters. The van der Waals surface area contributed by atoms with Gasteiger partial charge in [-0.2, -0.15) is 0 Å². The van der Waals surface area contributed by atoms with E-state index in [1.54, 1.807) is 0 Å². The highest BCUT2D eigenvalue weighted by Crippen LogP contribution is 2.45. The van der Waals surface area contributed by atoms with E-state index >= 15 is 0 Å². The van der Waals surface area contributed by atoms with Gasteiger partial charge in [0.05, 0.1) is 6.10 Å². The molecule has 32 heavy (non-hydrogen) atoms. The molecule has 3 nitrogen and oxygen atoms in total. The first kappa shape index (κ1) is 24.7. The number of aliphatic hydroxyl groups excluding tert-OH is 2. The molecule has 0 spiro atoms. The van der Waals surface area contributed by atoms with Crippen LogP contribution < -0.4 is 0 Å². The summed E-state index contributed by atoms with van der Waals surface area (Å²) in [6.45, 7) is 8.36. The maximum absolute atomic E-state index is 10.4. The second kappa shape index (κ2) is 10.3. The van der Waals surface area contributed by atoms with E-state index in [0.717, 1.165) is 19.3 Å². The lowest BCUT2D eigenvalue weighted by Gasteiger charge is -2.31. The minimum Gasteiger partial charge on any atom is -0.388 e. The van der Waals surface area contributed by atoms with E-state index in [9.17, 15) is 15.3 Å². The number of rotatable bonds is 8. The third kappa shape index (κ3) is 5.89. The van der Waals surface area contributed by atoms with Crippen LogP contribution in [-0.2, 0) is 18.3 Å². The average Bonchev–Trinajstić information content (AvgIpc) is 3.25. The molecule has 1 atom stereocenters. The van der Waals surface area contributed by atoms with Gasteiger partial charge in [-0.25, -0.2) is 0 Å². The van der Waals surface area contributed by atoms with Crippen molar-refractivity contribution in [3.63, 3.8) is 0 Å². The fourth-order valence-electron chi connectivity index (χ4n) is 4.86. The first-order valence-electron chi connectivity index (χ1n) is 12.1. The molecule has 1 aliphatic carbocycles. The Bertz CT molecular complexity index is 897. The SMILES string of the molecule is CCc1cc(C2(CCc3ccc(C(O)O)cc3)CCCC2)ccc1C=CC(O)C(C)(C)C. The van der Waals surface area contributed by atoms with Crippen LogP contribution in [0.3, 0.4) is 0 Å². The summed E-state index contributed by atoms with van der Waals surface area (Å²) in [6, 6.07) is 14.6. The van der Waals surface area contributed by atoms with Crippen LogP contribution in [-0.4, -0.2) is 21.4 Å². The van der Waals surface area contributed by atoms with Crippen molar-refractivity contribution < 1.29 is 15.3 Å². The first-order valence-corrected chi connectivity index (χ1v) is 12.1. The lowest BCUT2D eigenvalue weighted by Crippen LogP contribution is -2.24. The summed E-state index contributed by atoms with van der Waals surface area (Å²) in [5.41, 5.74) is 5.82. The minimum atomic E-state index is -1.41. The normalized spacial score (nSPS) is 17.4. The summed E-state index contributed by atoms with van der Waals surface area (Å²) in [5, 5.41) is 29.0. The fraction of sp³-hybridized carbons (Fsp3) is 0.517. The van der Waals surface area contributed by atoms with E-state index in [1.807, 2.05) is 30.3 Å². The number of benzene rings is 2. The second-order valence-corrected chi connectivity index (χ2v) is 10.5. The highest BCUT2D eigenvalue weighted by atomic mass is 16.5. The quantitative estimate of drug-likeness (QED) is 0.438. The van der Waals surface area contributed by atoms with Crippen molar-refractivity contribution in [2.24, 2.45) is 5.41 Å². The van der Waals surface area contributed by atoms with Crippen LogP contribution >= 0.6 is 0 Å². The third-order valence-corrected chi connectivity index (χ3v) is 7.21. The van der Waals surface area contributed by atoms with Crippen LogP contribution in [0.2, 0.25) is 0 Å². The maximum atomic E-state index is 10.4. The molecule has 1 saturated carbocycles. The second-order valence-electron chi connectivity index (χ2n) is 10.5. The van der Waals surface area contributed by atoms with Crippen LogP contribution in [0.4, 0.5) is 0 Å². The zero-order valence-electron chi connectivity index (χ0n) is 20.1. The smallest absolute Gasteiger partial charge is 0.178 e. The molecule has 0 aromatic heterocycles. The molecule has 0 heterocycles. The van der Waals surface area contributed by atoms with Crippen molar-refractivity contribution in [1.29, 1.82) is 0 Å². The lowest BCUT2D eigenvalue weighted by atomic mass is 9.73. The van der Waals surface area contributed by atoms with E-state index in [2.05, 4.69) is 52.0 Å². The van der Waals surface area contributed by atoms with Gasteiger partial charge in [0.1, 0.15) is 0 Å². The monoisotopic (exact) mass is 436 g/mol. The van der Waals surface area contributed by atoms with Gasteiger partial charge < -0.3 is 15.3 Å². The number of hydrogen-bond acceptors (Lipinski definition) is 3. The predicted octanol–water partition coefficient (Wildman–Crippen LogP) is 6.10. The van der Waals surface area contributed by atoms with Gasteiger partial charge in [0.2, 0.25) is 0 Å². The van der Waals surface area contributed by atoms with Gasteiger partial charge in [0.25, 0.3) is 0 Å². The highest BCUT2D eigenvalue weighted by molar-refractivity contribution is 5.56. The van der Waals surface area contributed by atoms with Gasteiger partial charge in [-0.1, -0.05) is 95.2 Å². The molecule has 1 aliphatic rings. The Morgan fingerprint density at radius 2 is 1.62 bits per heavy atom. The summed E-state index contributed by atoms with van der Waals surface area (Å²) in [4.78, 5) is 0. The zero-order valence-corrected chi connectivity index (χ0v) is 20.1. The first-order chi connectivity index (χ1) is 15.1.